The summed E-state index contributed by atoms with van der Waals surface area (Å²) >= 11 is 0. The van der Waals surface area contributed by atoms with E-state index in [4.69, 9.17) is 33.2 Å². The summed E-state index contributed by atoms with van der Waals surface area (Å²) in [5, 5.41) is 43.2. The van der Waals surface area contributed by atoms with Gasteiger partial charge in [0.1, 0.15) is 17.8 Å². The molecule has 460 valence electrons. The number of methoxy groups -OCH3 is 1. The van der Waals surface area contributed by atoms with Crippen LogP contribution in [0.25, 0.3) is 0 Å². The first-order valence-corrected chi connectivity index (χ1v) is 32.8. The van der Waals surface area contributed by atoms with Gasteiger partial charge in [0.25, 0.3) is 0 Å². The van der Waals surface area contributed by atoms with Gasteiger partial charge in [-0.25, -0.2) is 4.79 Å². The Hall–Kier alpha value is -3.28. The minimum Gasteiger partial charge on any atom is -0.459 e. The molecule has 3 saturated heterocycles. The molecule has 81 heavy (non-hydrogen) atoms. The summed E-state index contributed by atoms with van der Waals surface area (Å²) in [7, 11) is 5.78. The van der Waals surface area contributed by atoms with Gasteiger partial charge in [-0.2, -0.15) is 0 Å². The fraction of sp³-hybridized carbons (Fsp3) is 0.766. The van der Waals surface area contributed by atoms with Crippen LogP contribution in [0.2, 0.25) is 0 Å². The molecule has 0 radical (unpaired) electrons. The van der Waals surface area contributed by atoms with Gasteiger partial charge >= 0.3 is 18.0 Å². The molecule has 1 unspecified atom stereocenters. The number of unbranched alkanes of at least 4 members (excludes halogenated alkanes) is 7. The summed E-state index contributed by atoms with van der Waals surface area (Å²) in [5.74, 6) is -3.78. The van der Waals surface area contributed by atoms with Crippen LogP contribution in [0.15, 0.2) is 60.7 Å². The summed E-state index contributed by atoms with van der Waals surface area (Å²) in [6.07, 6.45) is 2.27. The molecule has 3 aliphatic rings. The maximum atomic E-state index is 15.1. The second-order valence-corrected chi connectivity index (χ2v) is 29.4. The molecule has 0 spiro atoms. The van der Waals surface area contributed by atoms with Crippen molar-refractivity contribution in [3.63, 3.8) is 0 Å². The summed E-state index contributed by atoms with van der Waals surface area (Å²) < 4.78 is 45.0. The number of hydrogen-bond acceptors (Lipinski definition) is 15. The third-order valence-electron chi connectivity index (χ3n) is 18.5. The highest BCUT2D eigenvalue weighted by molar-refractivity contribution is 7.88. The molecule has 0 aromatic heterocycles. The molecule has 0 saturated carbocycles. The van der Waals surface area contributed by atoms with E-state index in [-0.39, 0.29) is 37.3 Å². The van der Waals surface area contributed by atoms with E-state index in [1.54, 1.807) is 27.7 Å². The number of carbonyl (C=O) groups excluding carboxylic acids is 3. The van der Waals surface area contributed by atoms with Gasteiger partial charge in [-0.15, -0.1) is 0 Å². The molecule has 17 heteroatoms. The van der Waals surface area contributed by atoms with E-state index in [1.165, 1.54) is 56.5 Å². The molecule has 1 amide bonds. The largest absolute Gasteiger partial charge is 0.459 e. The number of amides is 1. The van der Waals surface area contributed by atoms with Gasteiger partial charge in [0, 0.05) is 45.5 Å². The van der Waals surface area contributed by atoms with Gasteiger partial charge in [0.15, 0.2) is 18.5 Å². The first-order valence-electron chi connectivity index (χ1n) is 30.4. The Balaban J connectivity index is 1.32. The van der Waals surface area contributed by atoms with Crippen LogP contribution in [0.4, 0.5) is 4.79 Å². The van der Waals surface area contributed by atoms with Crippen molar-refractivity contribution in [3.8, 4) is 0 Å². The van der Waals surface area contributed by atoms with E-state index in [2.05, 4.69) is 72.6 Å². The molecule has 3 fully saturated rings. The summed E-state index contributed by atoms with van der Waals surface area (Å²) in [6.45, 7) is 22.8. The summed E-state index contributed by atoms with van der Waals surface area (Å²) in [5.41, 5.74) is -4.57. The molecular weight excluding hydrogens is 1050 g/mol. The molecule has 3 heterocycles. The number of aliphatic hydroxyl groups excluding tert-OH is 1. The van der Waals surface area contributed by atoms with Gasteiger partial charge in [-0.05, 0) is 137 Å². The Morgan fingerprint density at radius 2 is 1.40 bits per heavy atom. The van der Waals surface area contributed by atoms with Crippen molar-refractivity contribution < 1.29 is 62.9 Å². The van der Waals surface area contributed by atoms with Crippen molar-refractivity contribution in [1.82, 2.24) is 15.1 Å². The van der Waals surface area contributed by atoms with Crippen molar-refractivity contribution >= 4 is 35.9 Å². The number of rotatable bonds is 21. The molecule has 0 aliphatic carbocycles. The smallest absolute Gasteiger partial charge is 0.407 e. The highest BCUT2D eigenvalue weighted by Gasteiger charge is 2.56. The number of hydrogen-bond donors (Lipinski definition) is 4. The number of likely N-dealkylation sites (N-methyl/N-ethyl adjacent to an activating group) is 2. The number of esters is 2. The lowest BCUT2D eigenvalue weighted by Gasteiger charge is -2.51. The van der Waals surface area contributed by atoms with Gasteiger partial charge in [-0.1, -0.05) is 96.2 Å². The standard InChI is InChI=1S/C64H106N3O13P/c1-17-53-64(11,73)58(80-61(71)65-36-30-22-20-18-19-21-23-31-37-81(16,49-32-26-24-27-33-49)50-34-28-25-29-35-50)46(6)67(14)41-42(2)39-62(9,72)57(79-60-55(77-48(8)68)51(66(12)13)38-43(3)75-60)44(4)54(45(5)59(70)78-53)52-40-63(10,74-15)56(69)47(7)76-52/h24-29,32-35,42-47,51-58,60,69,72-73H,17-23,30-31,36-41H2,1-16H3/p+1/t42-,43-,44+,45-,46-,47+,51+,52-,53-,54?,55-,56+,57-,58-,60+,62-,63-,64-/m1/s1. The van der Waals surface area contributed by atoms with Crippen LogP contribution in [-0.2, 0) is 42.7 Å². The van der Waals surface area contributed by atoms with E-state index < -0.39 is 115 Å². The van der Waals surface area contributed by atoms with Crippen LogP contribution in [0.1, 0.15) is 153 Å². The number of nitrogens with zero attached hydrogens (tertiary/aromatic N) is 2. The van der Waals surface area contributed by atoms with Crippen molar-refractivity contribution in [2.75, 3.05) is 54.2 Å². The van der Waals surface area contributed by atoms with Gasteiger partial charge < -0.3 is 58.7 Å². The number of ether oxygens (including phenoxy) is 7. The van der Waals surface area contributed by atoms with Crippen molar-refractivity contribution in [2.45, 2.75) is 237 Å². The molecule has 5 rings (SSSR count). The lowest BCUT2D eigenvalue weighted by Crippen LogP contribution is -2.62. The number of nitrogens with one attached hydrogen (secondary N) is 1. The highest BCUT2D eigenvalue weighted by atomic mass is 31.2. The molecule has 2 aromatic rings. The van der Waals surface area contributed by atoms with Crippen molar-refractivity contribution in [2.24, 2.45) is 23.7 Å². The van der Waals surface area contributed by atoms with E-state index >= 15 is 4.79 Å². The molecule has 2 aromatic carbocycles. The quantitative estimate of drug-likeness (QED) is 0.0400. The lowest BCUT2D eigenvalue weighted by molar-refractivity contribution is -0.304. The molecule has 0 bridgehead atoms. The third kappa shape index (κ3) is 17.9. The second-order valence-electron chi connectivity index (χ2n) is 25.6. The normalized spacial score (nSPS) is 36.0. The molecule has 4 N–H and O–H groups in total. The van der Waals surface area contributed by atoms with Crippen LogP contribution in [0.3, 0.4) is 0 Å². The fourth-order valence-electron chi connectivity index (χ4n) is 13.7. The Morgan fingerprint density at radius 3 is 1.94 bits per heavy atom. The SMILES string of the molecule is CC[C@H]1OC(=O)[C@H](C)C([C@H]2C[C@@](C)(OC)[C@@H](O)[C@H](C)O2)[C@H](C)[C@@H](O[C@@H]2O[C@H](C)C[C@H](N(C)C)[C@H]2OC(C)=O)[C@](C)(O)C[C@@H](C)CN(C)[C@H](C)[C@@H](OC(=O)NCCCCCCCCCC[P+](C)(c2ccccc2)c2ccccc2)[C@]1(C)O. The van der Waals surface area contributed by atoms with E-state index in [0.717, 1.165) is 25.7 Å². The predicted octanol–water partition coefficient (Wildman–Crippen LogP) is 8.90. The fourth-order valence-corrected chi connectivity index (χ4v) is 17.0. The minimum absolute atomic E-state index is 0.178. The van der Waals surface area contributed by atoms with Crippen LogP contribution >= 0.6 is 7.26 Å². The number of aliphatic hydroxyl groups is 3. The van der Waals surface area contributed by atoms with Crippen LogP contribution in [-0.4, -0.2) is 181 Å². The Morgan fingerprint density at radius 1 is 0.827 bits per heavy atom. The zero-order chi connectivity index (χ0) is 60.0. The Kier molecular flexibility index (Phi) is 26.0. The summed E-state index contributed by atoms with van der Waals surface area (Å²) in [4.78, 5) is 45.6. The lowest BCUT2D eigenvalue weighted by atomic mass is 9.68. The van der Waals surface area contributed by atoms with E-state index in [0.29, 0.717) is 19.5 Å². The first-order chi connectivity index (χ1) is 38.1. The van der Waals surface area contributed by atoms with Gasteiger partial charge in [0.2, 0.25) is 0 Å². The highest BCUT2D eigenvalue weighted by Crippen LogP contribution is 2.53. The second kappa shape index (κ2) is 30.7. The molecule has 16 nitrogen and oxygen atoms in total. The number of cyclic esters (lactones) is 1. The topological polar surface area (TPSA) is 195 Å². The third-order valence-corrected chi connectivity index (χ3v) is 22.6. The number of alkyl carbamates (subject to hydrolysis) is 1. The molecule has 3 aliphatic heterocycles. The number of carbonyl (C=O) groups is 3. The van der Waals surface area contributed by atoms with Crippen LogP contribution < -0.4 is 15.9 Å². The van der Waals surface area contributed by atoms with Gasteiger partial charge in [-0.3, -0.25) is 14.5 Å². The first kappa shape index (κ1) is 68.5. The number of benzene rings is 2. The molecular formula is C64H107N3O13P+. The Bertz CT molecular complexity index is 2190. The maximum absolute atomic E-state index is 15.1. The van der Waals surface area contributed by atoms with Crippen LogP contribution in [0.5, 0.6) is 0 Å². The summed E-state index contributed by atoms with van der Waals surface area (Å²) in [6, 6.07) is 21.1. The monoisotopic (exact) mass is 1160 g/mol. The van der Waals surface area contributed by atoms with Crippen LogP contribution in [0, 0.1) is 23.7 Å². The maximum Gasteiger partial charge on any atom is 0.407 e. The zero-order valence-electron chi connectivity index (χ0n) is 52.3. The Labute approximate surface area is 487 Å². The van der Waals surface area contributed by atoms with Gasteiger partial charge in [0.05, 0.1) is 78.3 Å². The van der Waals surface area contributed by atoms with Crippen molar-refractivity contribution in [3.05, 3.63) is 60.7 Å². The van der Waals surface area contributed by atoms with E-state index in [9.17, 15) is 24.9 Å². The average molecular weight is 1160 g/mol. The van der Waals surface area contributed by atoms with Crippen molar-refractivity contribution in [1.29, 1.82) is 0 Å². The van der Waals surface area contributed by atoms with E-state index in [1.807, 2.05) is 72.5 Å². The molecule has 18 atom stereocenters. The predicted molar refractivity (Wildman–Crippen MR) is 321 cm³/mol. The minimum atomic E-state index is -1.88. The zero-order valence-corrected chi connectivity index (χ0v) is 53.2. The average Bonchev–Trinajstić information content (AvgIpc) is 3.57.